The molecule has 2 nitrogen and oxygen atoms in total. The van der Waals surface area contributed by atoms with Gasteiger partial charge in [0.25, 0.3) is 0 Å². The smallest absolute Gasteiger partial charge is 0.119 e. The third kappa shape index (κ3) is 2.84. The van der Waals surface area contributed by atoms with Crippen molar-refractivity contribution in [3.05, 3.63) is 64.7 Å². The van der Waals surface area contributed by atoms with Crippen LogP contribution in [-0.4, -0.2) is 13.2 Å². The SMILES string of the molecule is COc1ccc2c(c1)CC[C@]1(C)C2=C(c2ccc(C)cc2)C[C@]2(C)[C@@H](OP)CC[C@H]21. The number of aryl methyl sites for hydroxylation is 2. The molecule has 0 amide bonds. The maximum absolute atomic E-state index is 5.99. The van der Waals surface area contributed by atoms with Crippen molar-refractivity contribution < 1.29 is 9.26 Å². The normalized spacial score (nSPS) is 32.4. The lowest BCUT2D eigenvalue weighted by Crippen LogP contribution is -2.47. The molecule has 1 fully saturated rings. The summed E-state index contributed by atoms with van der Waals surface area (Å²) in [6, 6.07) is 15.9. The second-order valence-electron chi connectivity index (χ2n) is 10.1. The van der Waals surface area contributed by atoms with E-state index in [0.29, 0.717) is 12.0 Å². The highest BCUT2D eigenvalue weighted by Gasteiger charge is 2.59. The van der Waals surface area contributed by atoms with Crippen LogP contribution in [-0.2, 0) is 10.9 Å². The van der Waals surface area contributed by atoms with Crippen molar-refractivity contribution in [3.8, 4) is 5.75 Å². The van der Waals surface area contributed by atoms with Gasteiger partial charge in [-0.2, -0.15) is 0 Å². The second kappa shape index (κ2) is 7.21. The molecule has 0 aromatic heterocycles. The number of benzene rings is 2. The number of hydrogen-bond acceptors (Lipinski definition) is 2. The first-order valence-corrected chi connectivity index (χ1v) is 11.7. The highest BCUT2D eigenvalue weighted by atomic mass is 31.0. The van der Waals surface area contributed by atoms with E-state index in [4.69, 9.17) is 9.26 Å². The van der Waals surface area contributed by atoms with E-state index in [1.165, 1.54) is 40.7 Å². The molecule has 158 valence electrons. The Kier molecular flexibility index (Phi) is 4.88. The van der Waals surface area contributed by atoms with Gasteiger partial charge < -0.3 is 9.26 Å². The van der Waals surface area contributed by atoms with Gasteiger partial charge in [-0.05, 0) is 90.3 Å². The summed E-state index contributed by atoms with van der Waals surface area (Å²) in [5, 5.41) is 0. The van der Waals surface area contributed by atoms with Crippen molar-refractivity contribution in [3.63, 3.8) is 0 Å². The van der Waals surface area contributed by atoms with Crippen molar-refractivity contribution in [2.75, 3.05) is 7.11 Å². The third-order valence-electron chi connectivity index (χ3n) is 8.51. The van der Waals surface area contributed by atoms with E-state index in [-0.39, 0.29) is 10.8 Å². The first kappa shape index (κ1) is 20.3. The van der Waals surface area contributed by atoms with Gasteiger partial charge in [0.05, 0.1) is 13.2 Å². The largest absolute Gasteiger partial charge is 0.497 e. The maximum atomic E-state index is 5.99. The first-order chi connectivity index (χ1) is 14.4. The van der Waals surface area contributed by atoms with Gasteiger partial charge in [-0.15, -0.1) is 0 Å². The van der Waals surface area contributed by atoms with Crippen molar-refractivity contribution in [1.82, 2.24) is 0 Å². The molecule has 5 atom stereocenters. The van der Waals surface area contributed by atoms with Gasteiger partial charge in [0.15, 0.2) is 0 Å². The number of ether oxygens (including phenoxy) is 1. The van der Waals surface area contributed by atoms with Crippen molar-refractivity contribution >= 4 is 20.6 Å². The average molecular weight is 421 g/mol. The fraction of sp³-hybridized carbons (Fsp3) is 0.481. The lowest BCUT2D eigenvalue weighted by Gasteiger charge is -2.54. The van der Waals surface area contributed by atoms with Crippen LogP contribution in [0.15, 0.2) is 42.5 Å². The summed E-state index contributed by atoms with van der Waals surface area (Å²) in [7, 11) is 4.33. The Morgan fingerprint density at radius 1 is 1.03 bits per heavy atom. The molecule has 0 heterocycles. The summed E-state index contributed by atoms with van der Waals surface area (Å²) >= 11 is 0. The van der Waals surface area contributed by atoms with Gasteiger partial charge in [-0.3, -0.25) is 0 Å². The molecule has 30 heavy (non-hydrogen) atoms. The summed E-state index contributed by atoms with van der Waals surface area (Å²) in [4.78, 5) is 0. The van der Waals surface area contributed by atoms with Crippen LogP contribution in [0, 0.1) is 23.7 Å². The predicted octanol–water partition coefficient (Wildman–Crippen LogP) is 6.86. The summed E-state index contributed by atoms with van der Waals surface area (Å²) in [6.07, 6.45) is 6.11. The molecule has 0 saturated heterocycles. The Bertz CT molecular complexity index is 1010. The Morgan fingerprint density at radius 2 is 1.80 bits per heavy atom. The van der Waals surface area contributed by atoms with Gasteiger partial charge in [0.1, 0.15) is 5.75 Å². The van der Waals surface area contributed by atoms with Gasteiger partial charge in [0.2, 0.25) is 0 Å². The second-order valence-corrected chi connectivity index (χ2v) is 10.4. The fourth-order valence-corrected chi connectivity index (χ4v) is 7.46. The summed E-state index contributed by atoms with van der Waals surface area (Å²) in [5.41, 5.74) is 9.02. The maximum Gasteiger partial charge on any atom is 0.119 e. The van der Waals surface area contributed by atoms with E-state index in [1.54, 1.807) is 12.7 Å². The third-order valence-corrected chi connectivity index (χ3v) is 8.84. The molecule has 5 rings (SSSR count). The highest BCUT2D eigenvalue weighted by Crippen LogP contribution is 2.68. The van der Waals surface area contributed by atoms with Crippen LogP contribution in [0.1, 0.15) is 61.8 Å². The molecular formula is C27H33O2P. The van der Waals surface area contributed by atoms with E-state index >= 15 is 0 Å². The van der Waals surface area contributed by atoms with Crippen LogP contribution < -0.4 is 4.74 Å². The number of hydrogen-bond donors (Lipinski definition) is 0. The minimum Gasteiger partial charge on any atom is -0.497 e. The molecular weight excluding hydrogens is 387 g/mol. The lowest BCUT2D eigenvalue weighted by molar-refractivity contribution is 0.0283. The van der Waals surface area contributed by atoms with Gasteiger partial charge >= 0.3 is 0 Å². The first-order valence-electron chi connectivity index (χ1n) is 11.2. The van der Waals surface area contributed by atoms with Crippen LogP contribution >= 0.6 is 9.47 Å². The molecule has 0 radical (unpaired) electrons. The zero-order valence-electron chi connectivity index (χ0n) is 18.6. The molecule has 1 saturated carbocycles. The number of rotatable bonds is 3. The number of allylic oxidation sites excluding steroid dienone is 2. The van der Waals surface area contributed by atoms with E-state index in [9.17, 15) is 0 Å². The lowest BCUT2D eigenvalue weighted by atomic mass is 9.50. The minimum absolute atomic E-state index is 0.171. The van der Waals surface area contributed by atoms with Crippen LogP contribution in [0.5, 0.6) is 5.75 Å². The molecule has 0 aliphatic heterocycles. The Hall–Kier alpha value is -1.63. The number of methoxy groups -OCH3 is 1. The number of fused-ring (bicyclic) bond motifs is 5. The molecule has 1 unspecified atom stereocenters. The van der Waals surface area contributed by atoms with Gasteiger partial charge in [-0.1, -0.05) is 49.7 Å². The fourth-order valence-electron chi connectivity index (χ4n) is 7.01. The highest BCUT2D eigenvalue weighted by molar-refractivity contribution is 7.09. The van der Waals surface area contributed by atoms with Crippen LogP contribution in [0.3, 0.4) is 0 Å². The molecule has 3 heteroatoms. The molecule has 3 aliphatic carbocycles. The van der Waals surface area contributed by atoms with Crippen molar-refractivity contribution in [2.24, 2.45) is 16.7 Å². The Morgan fingerprint density at radius 3 is 2.50 bits per heavy atom. The molecule has 0 spiro atoms. The summed E-state index contributed by atoms with van der Waals surface area (Å²) in [5.74, 6) is 1.61. The van der Waals surface area contributed by atoms with E-state index in [1.807, 2.05) is 0 Å². The van der Waals surface area contributed by atoms with Gasteiger partial charge in [0, 0.05) is 14.9 Å². The van der Waals surface area contributed by atoms with Gasteiger partial charge in [-0.25, -0.2) is 0 Å². The summed E-state index contributed by atoms with van der Waals surface area (Å²) < 4.78 is 11.5. The predicted molar refractivity (Wildman–Crippen MR) is 127 cm³/mol. The zero-order valence-corrected chi connectivity index (χ0v) is 19.8. The zero-order chi connectivity index (χ0) is 21.1. The standard InChI is InChI=1S/C27H33O2P/c1-17-5-7-18(8-6-17)22-16-27(3)23(11-12-24(27)29-30)26(2)14-13-19-15-20(28-4)9-10-21(19)25(22)26/h5-10,15,23-24H,11-14,16,30H2,1-4H3/t23-,24-,26-,27-/m0/s1. The quantitative estimate of drug-likeness (QED) is 0.505. The molecule has 2 aromatic carbocycles. The molecule has 3 aliphatic rings. The monoisotopic (exact) mass is 420 g/mol. The minimum atomic E-state index is 0.171. The van der Waals surface area contributed by atoms with Crippen molar-refractivity contribution in [1.29, 1.82) is 0 Å². The molecule has 2 aromatic rings. The summed E-state index contributed by atoms with van der Waals surface area (Å²) in [6.45, 7) is 7.19. The topological polar surface area (TPSA) is 18.5 Å². The average Bonchev–Trinajstić information content (AvgIpc) is 3.10. The van der Waals surface area contributed by atoms with E-state index in [2.05, 4.69) is 72.7 Å². The molecule has 0 N–H and O–H groups in total. The van der Waals surface area contributed by atoms with Crippen LogP contribution in [0.25, 0.3) is 11.1 Å². The van der Waals surface area contributed by atoms with E-state index in [0.717, 1.165) is 25.0 Å². The van der Waals surface area contributed by atoms with Crippen molar-refractivity contribution in [2.45, 2.75) is 59.0 Å². The Labute approximate surface area is 183 Å². The Balaban J connectivity index is 1.77. The van der Waals surface area contributed by atoms with Crippen LogP contribution in [0.2, 0.25) is 0 Å². The molecule has 0 bridgehead atoms. The van der Waals surface area contributed by atoms with E-state index < -0.39 is 0 Å². The van der Waals surface area contributed by atoms with Crippen LogP contribution in [0.4, 0.5) is 0 Å².